The Bertz CT molecular complexity index is 878. The molecule has 0 unspecified atom stereocenters. The van der Waals surface area contributed by atoms with Crippen molar-refractivity contribution in [2.75, 3.05) is 180 Å². The van der Waals surface area contributed by atoms with Crippen LogP contribution >= 0.6 is 0 Å². The van der Waals surface area contributed by atoms with Gasteiger partial charge in [-0.05, 0) is 12.1 Å². The van der Waals surface area contributed by atoms with Gasteiger partial charge in [-0.3, -0.25) is 4.79 Å². The number of hydrogen-bond acceptors (Lipinski definition) is 16. The first-order chi connectivity index (χ1) is 24.8. The third-order valence-electron chi connectivity index (χ3n) is 6.19. The van der Waals surface area contributed by atoms with Crippen molar-refractivity contribution in [1.82, 2.24) is 0 Å². The summed E-state index contributed by atoms with van der Waals surface area (Å²) in [4.78, 5) is 11.9. The van der Waals surface area contributed by atoms with Gasteiger partial charge in [0.1, 0.15) is 19.8 Å². The molecule has 292 valence electrons. The maximum atomic E-state index is 11.9. The number of ether oxygens (including phenoxy) is 15. The fraction of sp³-hybridized carbons (Fsp3) is 0.794. The van der Waals surface area contributed by atoms with Crippen LogP contribution in [0.2, 0.25) is 0 Å². The lowest BCUT2D eigenvalue weighted by molar-refractivity contribution is -0.00161. The molecule has 0 radical (unpaired) electrons. The van der Waals surface area contributed by atoms with Crippen LogP contribution in [0.15, 0.2) is 12.1 Å². The average Bonchev–Trinajstić information content (AvgIpc) is 3.13. The summed E-state index contributed by atoms with van der Waals surface area (Å²) in [5.74, 6) is 0.943. The Hall–Kier alpha value is -2.19. The van der Waals surface area contributed by atoms with Gasteiger partial charge in [0.2, 0.25) is 5.75 Å². The van der Waals surface area contributed by atoms with Gasteiger partial charge in [-0.15, -0.1) is 0 Å². The molecule has 0 spiro atoms. The lowest BCUT2D eigenvalue weighted by atomic mass is 10.2. The van der Waals surface area contributed by atoms with Gasteiger partial charge in [-0.1, -0.05) is 0 Å². The molecule has 0 saturated carbocycles. The van der Waals surface area contributed by atoms with Gasteiger partial charge in [0.05, 0.1) is 144 Å². The molecule has 16 heteroatoms. The van der Waals surface area contributed by atoms with Crippen molar-refractivity contribution in [2.45, 2.75) is 0 Å². The molecule has 16 nitrogen and oxygen atoms in total. The SMILES string of the molecule is COCCOCCOCCOCCOc1ccc(C=O)c(OCCOCCOCCOCCOC)c1OCCOCCOCCOCCOC. The Morgan fingerprint density at radius 1 is 0.360 bits per heavy atom. The first kappa shape index (κ1) is 45.8. The molecule has 0 aliphatic rings. The first-order valence-corrected chi connectivity index (χ1v) is 17.0. The van der Waals surface area contributed by atoms with Gasteiger partial charge in [0, 0.05) is 21.3 Å². The Morgan fingerprint density at radius 3 is 0.960 bits per heavy atom. The van der Waals surface area contributed by atoms with Crippen LogP contribution in [0.4, 0.5) is 0 Å². The number of carbonyl (C=O) groups excluding carboxylic acids is 1. The highest BCUT2D eigenvalue weighted by Gasteiger charge is 2.18. The smallest absolute Gasteiger partial charge is 0.204 e. The number of carbonyl (C=O) groups is 1. The fourth-order valence-corrected chi connectivity index (χ4v) is 3.72. The molecule has 0 fully saturated rings. The van der Waals surface area contributed by atoms with Crippen molar-refractivity contribution < 1.29 is 75.8 Å². The van der Waals surface area contributed by atoms with Crippen LogP contribution in [-0.2, 0) is 56.8 Å². The molecule has 0 aliphatic heterocycles. The number of aldehydes is 1. The molecule has 1 aromatic rings. The maximum absolute atomic E-state index is 11.9. The zero-order chi connectivity index (χ0) is 36.0. The second-order valence-corrected chi connectivity index (χ2v) is 9.96. The van der Waals surface area contributed by atoms with Gasteiger partial charge >= 0.3 is 0 Å². The third kappa shape index (κ3) is 26.6. The van der Waals surface area contributed by atoms with Gasteiger partial charge in [0.25, 0.3) is 0 Å². The predicted molar refractivity (Wildman–Crippen MR) is 181 cm³/mol. The van der Waals surface area contributed by atoms with Gasteiger partial charge in [-0.25, -0.2) is 0 Å². The quantitative estimate of drug-likeness (QED) is 0.0712. The van der Waals surface area contributed by atoms with Gasteiger partial charge in [-0.2, -0.15) is 0 Å². The Labute approximate surface area is 297 Å². The molecule has 50 heavy (non-hydrogen) atoms. The average molecular weight is 725 g/mol. The molecule has 0 amide bonds. The van der Waals surface area contributed by atoms with E-state index in [2.05, 4.69) is 0 Å². The van der Waals surface area contributed by atoms with Crippen LogP contribution in [-0.4, -0.2) is 186 Å². The number of benzene rings is 1. The summed E-state index contributed by atoms with van der Waals surface area (Å²) in [5, 5.41) is 0. The van der Waals surface area contributed by atoms with Crippen LogP contribution in [0.25, 0.3) is 0 Å². The summed E-state index contributed by atoms with van der Waals surface area (Å²) in [6, 6.07) is 3.28. The highest BCUT2D eigenvalue weighted by Crippen LogP contribution is 2.40. The van der Waals surface area contributed by atoms with Crippen LogP contribution in [0.1, 0.15) is 10.4 Å². The van der Waals surface area contributed by atoms with Crippen molar-refractivity contribution in [3.05, 3.63) is 17.7 Å². The fourth-order valence-electron chi connectivity index (χ4n) is 3.72. The molecule has 0 heterocycles. The molecule has 0 N–H and O–H groups in total. The Balaban J connectivity index is 2.52. The second-order valence-electron chi connectivity index (χ2n) is 9.96. The minimum atomic E-state index is 0.171. The summed E-state index contributed by atoms with van der Waals surface area (Å²) in [6.45, 7) is 9.96. The Morgan fingerprint density at radius 2 is 0.640 bits per heavy atom. The van der Waals surface area contributed by atoms with Crippen LogP contribution in [0, 0.1) is 0 Å². The molecule has 1 aromatic carbocycles. The molecule has 0 aromatic heterocycles. The van der Waals surface area contributed by atoms with E-state index in [1.807, 2.05) is 0 Å². The van der Waals surface area contributed by atoms with Gasteiger partial charge < -0.3 is 71.1 Å². The van der Waals surface area contributed by atoms with E-state index in [4.69, 9.17) is 71.1 Å². The molecular weight excluding hydrogens is 664 g/mol. The third-order valence-corrected chi connectivity index (χ3v) is 6.19. The van der Waals surface area contributed by atoms with Crippen molar-refractivity contribution in [3.8, 4) is 17.2 Å². The number of methoxy groups -OCH3 is 3. The molecule has 0 saturated heterocycles. The lowest BCUT2D eigenvalue weighted by Crippen LogP contribution is -2.16. The van der Waals surface area contributed by atoms with E-state index in [0.29, 0.717) is 143 Å². The highest BCUT2D eigenvalue weighted by atomic mass is 16.6. The Kier molecular flexibility index (Phi) is 33.5. The van der Waals surface area contributed by atoms with Crippen molar-refractivity contribution in [1.29, 1.82) is 0 Å². The lowest BCUT2D eigenvalue weighted by Gasteiger charge is -2.18. The van der Waals surface area contributed by atoms with E-state index in [1.165, 1.54) is 0 Å². The van der Waals surface area contributed by atoms with Crippen LogP contribution in [0.5, 0.6) is 17.2 Å². The molecule has 0 atom stereocenters. The van der Waals surface area contributed by atoms with E-state index in [-0.39, 0.29) is 44.5 Å². The zero-order valence-electron chi connectivity index (χ0n) is 30.2. The highest BCUT2D eigenvalue weighted by molar-refractivity contribution is 5.82. The topological polar surface area (TPSA) is 156 Å². The summed E-state index contributed by atoms with van der Waals surface area (Å²) in [5.41, 5.74) is 0.311. The molecule has 1 rings (SSSR count). The summed E-state index contributed by atoms with van der Waals surface area (Å²) in [6.07, 6.45) is 0.702. The molecule has 0 aliphatic carbocycles. The molecular formula is C34H60O16. The largest absolute Gasteiger partial charge is 0.487 e. The van der Waals surface area contributed by atoms with E-state index >= 15 is 0 Å². The maximum Gasteiger partial charge on any atom is 0.204 e. The summed E-state index contributed by atoms with van der Waals surface area (Å²) >= 11 is 0. The van der Waals surface area contributed by atoms with E-state index in [0.717, 1.165) is 0 Å². The summed E-state index contributed by atoms with van der Waals surface area (Å²) in [7, 11) is 4.88. The number of rotatable bonds is 40. The first-order valence-electron chi connectivity index (χ1n) is 17.0. The number of hydrogen-bond donors (Lipinski definition) is 0. The van der Waals surface area contributed by atoms with E-state index in [9.17, 15) is 4.79 Å². The summed E-state index contributed by atoms with van der Waals surface area (Å²) < 4.78 is 82.2. The van der Waals surface area contributed by atoms with Crippen LogP contribution < -0.4 is 14.2 Å². The van der Waals surface area contributed by atoms with Crippen molar-refractivity contribution >= 4 is 6.29 Å². The van der Waals surface area contributed by atoms with Crippen molar-refractivity contribution in [2.24, 2.45) is 0 Å². The minimum absolute atomic E-state index is 0.171. The second kappa shape index (κ2) is 36.6. The predicted octanol–water partition coefficient (Wildman–Crippen LogP) is 1.72. The zero-order valence-corrected chi connectivity index (χ0v) is 30.2. The standard InChI is InChI=1S/C34H60O16/c1-36-6-9-39-12-15-42-18-21-45-24-27-48-32-5-4-31(30-35)33(49-28-25-46-22-19-43-16-13-40-10-7-37-2)34(32)50-29-26-47-23-20-44-17-14-41-11-8-38-3/h4-5,30H,6-29H2,1-3H3. The monoisotopic (exact) mass is 724 g/mol. The van der Waals surface area contributed by atoms with E-state index in [1.54, 1.807) is 33.5 Å². The van der Waals surface area contributed by atoms with Crippen molar-refractivity contribution in [3.63, 3.8) is 0 Å². The van der Waals surface area contributed by atoms with E-state index < -0.39 is 0 Å². The molecule has 0 bridgehead atoms. The minimum Gasteiger partial charge on any atom is -0.487 e. The van der Waals surface area contributed by atoms with Gasteiger partial charge in [0.15, 0.2) is 17.8 Å². The van der Waals surface area contributed by atoms with Crippen LogP contribution in [0.3, 0.4) is 0 Å². The normalized spacial score (nSPS) is 11.3.